The predicted octanol–water partition coefficient (Wildman–Crippen LogP) is 7.44. The normalized spacial score (nSPS) is 15.9. The number of nitrogens with zero attached hydrogens (tertiary/aromatic N) is 6. The van der Waals surface area contributed by atoms with Crippen LogP contribution in [0, 0.1) is 0 Å². The molecule has 1 aromatic carbocycles. The van der Waals surface area contributed by atoms with Crippen molar-refractivity contribution in [2.45, 2.75) is 26.9 Å². The quantitative estimate of drug-likeness (QED) is 0.189. The van der Waals surface area contributed by atoms with Crippen LogP contribution in [0.1, 0.15) is 13.8 Å². The van der Waals surface area contributed by atoms with E-state index in [2.05, 4.69) is 30.1 Å². The van der Waals surface area contributed by atoms with E-state index in [1.807, 2.05) is 62.0 Å². The number of hydrogen-bond donors (Lipinski definition) is 0. The second-order valence-corrected chi connectivity index (χ2v) is 10.3. The van der Waals surface area contributed by atoms with Gasteiger partial charge < -0.3 is 0 Å². The SMILES string of the molecule is CC[n+]1cnn(-c2cccc(-n3c[n+](CC)cn3)c2)c1.F[P-](F)(F)(F)(F)F.F[P-](F)(F)(F)(F)F. The molecule has 0 aliphatic rings. The summed E-state index contributed by atoms with van der Waals surface area (Å²) < 4.78 is 126. The van der Waals surface area contributed by atoms with Crippen LogP contribution in [0.2, 0.25) is 0 Å². The molecule has 0 radical (unpaired) electrons. The van der Waals surface area contributed by atoms with Gasteiger partial charge in [0.25, 0.3) is 12.7 Å². The molecule has 3 rings (SSSR count). The molecule has 0 aliphatic heterocycles. The van der Waals surface area contributed by atoms with E-state index in [1.54, 1.807) is 0 Å². The molecular weight excluding hydrogens is 542 g/mol. The summed E-state index contributed by atoms with van der Waals surface area (Å²) in [6, 6.07) is 8.16. The summed E-state index contributed by atoms with van der Waals surface area (Å²) >= 11 is 0. The monoisotopic (exact) mass is 560 g/mol. The van der Waals surface area contributed by atoms with Crippen molar-refractivity contribution in [1.82, 2.24) is 19.6 Å². The Kier molecular flexibility index (Phi) is 6.99. The molecule has 2 aromatic heterocycles. The summed E-state index contributed by atoms with van der Waals surface area (Å²) in [5.74, 6) is 0. The zero-order valence-corrected chi connectivity index (χ0v) is 18.9. The molecule has 20 heteroatoms. The molecule has 0 bridgehead atoms. The summed E-state index contributed by atoms with van der Waals surface area (Å²) in [5.41, 5.74) is 2.04. The molecule has 0 fully saturated rings. The van der Waals surface area contributed by atoms with Gasteiger partial charge in [0.15, 0.2) is 0 Å². The van der Waals surface area contributed by atoms with E-state index in [9.17, 15) is 50.4 Å². The van der Waals surface area contributed by atoms with Crippen molar-refractivity contribution in [2.75, 3.05) is 0 Å². The molecule has 6 nitrogen and oxygen atoms in total. The van der Waals surface area contributed by atoms with Crippen LogP contribution in [0.15, 0.2) is 49.6 Å². The first-order valence-corrected chi connectivity index (χ1v) is 12.9. The maximum atomic E-state index is 9.87. The number of rotatable bonds is 4. The molecule has 0 unspecified atom stereocenters. The van der Waals surface area contributed by atoms with E-state index < -0.39 is 15.6 Å². The standard InChI is InChI=1S/C14H18N6.2F6P/c1-3-17-9-15-19(11-17)13-6-5-7-14(8-13)20-12-18(4-2)10-16-20;2*1-7(2,3,4,5)6/h5-12H,3-4H2,1-2H3;;/q+2;2*-1. The van der Waals surface area contributed by atoms with Gasteiger partial charge >= 0.3 is 66.0 Å². The summed E-state index contributed by atoms with van der Waals surface area (Å²) in [5, 5.41) is 8.72. The van der Waals surface area contributed by atoms with Gasteiger partial charge in [0, 0.05) is 16.3 Å². The Morgan fingerprint density at radius 3 is 1.18 bits per heavy atom. The third-order valence-corrected chi connectivity index (χ3v) is 3.25. The van der Waals surface area contributed by atoms with Crippen LogP contribution >= 0.6 is 15.6 Å². The van der Waals surface area contributed by atoms with E-state index in [0.29, 0.717) is 0 Å². The fraction of sp³-hybridized carbons (Fsp3) is 0.286. The average Bonchev–Trinajstić information content (AvgIpc) is 3.26. The first-order chi connectivity index (χ1) is 14.7. The van der Waals surface area contributed by atoms with Gasteiger partial charge in [-0.05, 0) is 26.0 Å². The zero-order chi connectivity index (χ0) is 26.8. The second kappa shape index (κ2) is 8.04. The molecule has 198 valence electrons. The first-order valence-electron chi connectivity index (χ1n) is 8.81. The van der Waals surface area contributed by atoms with Crippen molar-refractivity contribution in [3.63, 3.8) is 0 Å². The van der Waals surface area contributed by atoms with Gasteiger partial charge in [0.2, 0.25) is 12.7 Å². The van der Waals surface area contributed by atoms with Crippen molar-refractivity contribution in [2.24, 2.45) is 0 Å². The van der Waals surface area contributed by atoms with E-state index in [0.717, 1.165) is 24.5 Å². The second-order valence-electron chi connectivity index (χ2n) is 6.48. The van der Waals surface area contributed by atoms with Crippen LogP contribution in [0.25, 0.3) is 11.4 Å². The predicted molar refractivity (Wildman–Crippen MR) is 99.6 cm³/mol. The number of hydrogen-bond acceptors (Lipinski definition) is 2. The molecular formula is C14H18F12N6P2. The Labute approximate surface area is 183 Å². The maximum absolute atomic E-state index is 10.7. The van der Waals surface area contributed by atoms with Crippen molar-refractivity contribution >= 4 is 15.6 Å². The molecule has 3 aromatic rings. The van der Waals surface area contributed by atoms with E-state index in [4.69, 9.17) is 0 Å². The first kappa shape index (κ1) is 29.6. The van der Waals surface area contributed by atoms with Crippen molar-refractivity contribution in [3.8, 4) is 11.4 Å². The molecule has 0 saturated heterocycles. The molecule has 2 heterocycles. The molecule has 0 atom stereocenters. The van der Waals surface area contributed by atoms with Crippen LogP contribution in [-0.4, -0.2) is 19.6 Å². The summed E-state index contributed by atoms with van der Waals surface area (Å²) in [6.45, 7) is 6.01. The third-order valence-electron chi connectivity index (χ3n) is 3.25. The van der Waals surface area contributed by atoms with Gasteiger partial charge in [0.1, 0.15) is 11.4 Å². The van der Waals surface area contributed by atoms with Crippen molar-refractivity contribution in [3.05, 3.63) is 49.6 Å². The van der Waals surface area contributed by atoms with Crippen molar-refractivity contribution in [1.29, 1.82) is 0 Å². The van der Waals surface area contributed by atoms with E-state index >= 15 is 0 Å². The van der Waals surface area contributed by atoms with Crippen LogP contribution in [-0.2, 0) is 13.1 Å². The summed E-state index contributed by atoms with van der Waals surface area (Å²) in [4.78, 5) is 0. The zero-order valence-electron chi connectivity index (χ0n) is 17.1. The molecule has 0 saturated carbocycles. The Hall–Kier alpha value is -2.48. The summed E-state index contributed by atoms with van der Waals surface area (Å²) in [7, 11) is -21.3. The van der Waals surface area contributed by atoms with Gasteiger partial charge in [-0.1, -0.05) is 15.4 Å². The Morgan fingerprint density at radius 2 is 0.941 bits per heavy atom. The van der Waals surface area contributed by atoms with Gasteiger partial charge in [-0.2, -0.15) is 0 Å². The van der Waals surface area contributed by atoms with Gasteiger partial charge in [-0.3, -0.25) is 0 Å². The fourth-order valence-corrected chi connectivity index (χ4v) is 2.02. The van der Waals surface area contributed by atoms with Crippen LogP contribution < -0.4 is 9.13 Å². The third kappa shape index (κ3) is 17.1. The van der Waals surface area contributed by atoms with Crippen LogP contribution in [0.5, 0.6) is 0 Å². The van der Waals surface area contributed by atoms with Gasteiger partial charge in [-0.15, -0.1) is 0 Å². The molecule has 0 spiro atoms. The van der Waals surface area contributed by atoms with E-state index in [1.165, 1.54) is 0 Å². The van der Waals surface area contributed by atoms with E-state index in [-0.39, 0.29) is 0 Å². The topological polar surface area (TPSA) is 43.4 Å². The minimum atomic E-state index is -10.7. The fourth-order valence-electron chi connectivity index (χ4n) is 2.02. The molecule has 0 N–H and O–H groups in total. The van der Waals surface area contributed by atoms with Gasteiger partial charge in [-0.25, -0.2) is 9.13 Å². The van der Waals surface area contributed by atoms with Gasteiger partial charge in [0.05, 0.1) is 13.1 Å². The minimum absolute atomic E-state index is 0.912. The van der Waals surface area contributed by atoms with Crippen LogP contribution in [0.3, 0.4) is 0 Å². The number of benzene rings is 1. The molecule has 34 heavy (non-hydrogen) atoms. The number of halogens is 12. The Balaban J connectivity index is 0.000000343. The average molecular weight is 560 g/mol. The Morgan fingerprint density at radius 1 is 0.647 bits per heavy atom. The number of aryl methyl sites for hydroxylation is 2. The number of aromatic nitrogens is 6. The van der Waals surface area contributed by atoms with Crippen molar-refractivity contribution < 1.29 is 59.5 Å². The summed E-state index contributed by atoms with van der Waals surface area (Å²) in [6.07, 6.45) is 7.61. The van der Waals surface area contributed by atoms with Crippen LogP contribution in [0.4, 0.5) is 50.4 Å². The Bertz CT molecular complexity index is 1010. The molecule has 0 amide bonds. The molecule has 0 aliphatic carbocycles.